The number of carboxylic acids is 1. The smallest absolute Gasteiger partial charge is 0.304 e. The number of thioether (sulfide) groups is 1. The summed E-state index contributed by atoms with van der Waals surface area (Å²) in [6.07, 6.45) is 4.14. The van der Waals surface area contributed by atoms with Gasteiger partial charge in [0.1, 0.15) is 5.75 Å². The molecule has 0 bridgehead atoms. The topological polar surface area (TPSA) is 46.5 Å². The summed E-state index contributed by atoms with van der Waals surface area (Å²) < 4.78 is 5.77. The van der Waals surface area contributed by atoms with Gasteiger partial charge in [-0.1, -0.05) is 12.1 Å². The van der Waals surface area contributed by atoms with Gasteiger partial charge in [0.05, 0.1) is 13.0 Å². The van der Waals surface area contributed by atoms with E-state index in [4.69, 9.17) is 9.84 Å². The minimum Gasteiger partial charge on any atom is -0.492 e. The van der Waals surface area contributed by atoms with Crippen LogP contribution >= 0.6 is 11.8 Å². The van der Waals surface area contributed by atoms with Crippen molar-refractivity contribution in [2.75, 3.05) is 12.9 Å². The average Bonchev–Trinajstić information content (AvgIpc) is 3.06. The van der Waals surface area contributed by atoms with E-state index in [2.05, 4.69) is 0 Å². The molecule has 2 rings (SSSR count). The molecule has 1 aromatic rings. The fourth-order valence-electron chi connectivity index (χ4n) is 1.84. The normalized spacial score (nSPS) is 16.5. The van der Waals surface area contributed by atoms with Crippen LogP contribution in [0.4, 0.5) is 0 Å². The Morgan fingerprint density at radius 1 is 1.47 bits per heavy atom. The summed E-state index contributed by atoms with van der Waals surface area (Å²) in [6, 6.07) is 7.86. The van der Waals surface area contributed by atoms with Gasteiger partial charge in [-0.3, -0.25) is 4.79 Å². The van der Waals surface area contributed by atoms with Gasteiger partial charge < -0.3 is 9.84 Å². The molecule has 0 radical (unpaired) electrons. The van der Waals surface area contributed by atoms with Crippen molar-refractivity contribution in [1.82, 2.24) is 0 Å². The van der Waals surface area contributed by atoms with Crippen molar-refractivity contribution in [1.29, 1.82) is 0 Å². The van der Waals surface area contributed by atoms with E-state index < -0.39 is 5.97 Å². The molecule has 0 unspecified atom stereocenters. The zero-order valence-corrected chi connectivity index (χ0v) is 10.6. The first-order valence-corrected chi connectivity index (χ1v) is 6.85. The van der Waals surface area contributed by atoms with Crippen LogP contribution in [0.3, 0.4) is 0 Å². The summed E-state index contributed by atoms with van der Waals surface area (Å²) in [5, 5.41) is 8.83. The number of ether oxygens (including phenoxy) is 1. The van der Waals surface area contributed by atoms with E-state index in [0.717, 1.165) is 23.5 Å². The molecule has 1 aromatic carbocycles. The highest BCUT2D eigenvalue weighted by Gasteiger charge is 2.45. The zero-order chi connectivity index (χ0) is 12.3. The van der Waals surface area contributed by atoms with E-state index in [1.165, 1.54) is 0 Å². The molecule has 1 fully saturated rings. The first-order chi connectivity index (χ1) is 8.15. The molecule has 3 nitrogen and oxygen atoms in total. The third-order valence-corrected chi connectivity index (χ3v) is 3.86. The summed E-state index contributed by atoms with van der Waals surface area (Å²) in [6.45, 7) is 0.511. The number of hydrogen-bond acceptors (Lipinski definition) is 3. The Balaban J connectivity index is 1.96. The van der Waals surface area contributed by atoms with Crippen molar-refractivity contribution in [2.24, 2.45) is 5.41 Å². The number of benzene rings is 1. The van der Waals surface area contributed by atoms with Crippen molar-refractivity contribution in [3.63, 3.8) is 0 Å². The summed E-state index contributed by atoms with van der Waals surface area (Å²) in [4.78, 5) is 11.8. The molecule has 0 amide bonds. The Kier molecular flexibility index (Phi) is 3.62. The number of rotatable bonds is 6. The number of para-hydroxylation sites is 1. The van der Waals surface area contributed by atoms with Gasteiger partial charge in [0.2, 0.25) is 0 Å². The van der Waals surface area contributed by atoms with Gasteiger partial charge in [0, 0.05) is 10.3 Å². The van der Waals surface area contributed by atoms with Crippen LogP contribution < -0.4 is 4.74 Å². The Labute approximate surface area is 105 Å². The zero-order valence-electron chi connectivity index (χ0n) is 9.81. The maximum atomic E-state index is 10.7. The highest BCUT2D eigenvalue weighted by Crippen LogP contribution is 2.49. The highest BCUT2D eigenvalue weighted by molar-refractivity contribution is 7.98. The lowest BCUT2D eigenvalue weighted by molar-refractivity contribution is -0.138. The van der Waals surface area contributed by atoms with Gasteiger partial charge in [-0.15, -0.1) is 11.8 Å². The lowest BCUT2D eigenvalue weighted by atomic mass is 10.0. The molecule has 0 saturated heterocycles. The van der Waals surface area contributed by atoms with E-state index in [9.17, 15) is 4.79 Å². The molecule has 0 atom stereocenters. The quantitative estimate of drug-likeness (QED) is 0.790. The Hall–Kier alpha value is -1.16. The second-order valence-corrected chi connectivity index (χ2v) is 5.36. The van der Waals surface area contributed by atoms with Crippen LogP contribution in [0.2, 0.25) is 0 Å². The van der Waals surface area contributed by atoms with Gasteiger partial charge in [0.25, 0.3) is 0 Å². The molecular weight excluding hydrogens is 236 g/mol. The SMILES string of the molecule is CSc1ccccc1OCC1(CC(=O)O)CC1. The average molecular weight is 252 g/mol. The summed E-state index contributed by atoms with van der Waals surface area (Å²) in [7, 11) is 0. The van der Waals surface area contributed by atoms with Gasteiger partial charge in [-0.2, -0.15) is 0 Å². The van der Waals surface area contributed by atoms with Crippen molar-refractivity contribution in [3.8, 4) is 5.75 Å². The minimum absolute atomic E-state index is 0.114. The molecule has 92 valence electrons. The lowest BCUT2D eigenvalue weighted by Gasteiger charge is -2.15. The van der Waals surface area contributed by atoms with Gasteiger partial charge in [-0.05, 0) is 31.2 Å². The van der Waals surface area contributed by atoms with Crippen LogP contribution in [0, 0.1) is 5.41 Å². The number of aliphatic carboxylic acids is 1. The number of carboxylic acid groups (broad SMARTS) is 1. The Morgan fingerprint density at radius 2 is 2.18 bits per heavy atom. The fourth-order valence-corrected chi connectivity index (χ4v) is 2.38. The minimum atomic E-state index is -0.732. The van der Waals surface area contributed by atoms with Gasteiger partial charge >= 0.3 is 5.97 Å². The summed E-state index contributed by atoms with van der Waals surface area (Å²) in [5.74, 6) is 0.126. The maximum absolute atomic E-state index is 10.7. The van der Waals surface area contributed by atoms with Crippen LogP contribution in [0.25, 0.3) is 0 Å². The first-order valence-electron chi connectivity index (χ1n) is 5.63. The van der Waals surface area contributed by atoms with Crippen molar-refractivity contribution in [3.05, 3.63) is 24.3 Å². The third-order valence-electron chi connectivity index (χ3n) is 3.09. The van der Waals surface area contributed by atoms with E-state index in [-0.39, 0.29) is 11.8 Å². The molecule has 4 heteroatoms. The second kappa shape index (κ2) is 5.00. The molecule has 1 aliphatic carbocycles. The molecule has 0 aromatic heterocycles. The largest absolute Gasteiger partial charge is 0.492 e. The third kappa shape index (κ3) is 3.16. The van der Waals surface area contributed by atoms with Crippen molar-refractivity contribution < 1.29 is 14.6 Å². The number of carbonyl (C=O) groups is 1. The fraction of sp³-hybridized carbons (Fsp3) is 0.462. The van der Waals surface area contributed by atoms with Gasteiger partial charge in [-0.25, -0.2) is 0 Å². The Bertz CT molecular complexity index is 413. The van der Waals surface area contributed by atoms with Crippen molar-refractivity contribution in [2.45, 2.75) is 24.2 Å². The molecule has 17 heavy (non-hydrogen) atoms. The molecule has 0 heterocycles. The molecule has 1 aliphatic rings. The van der Waals surface area contributed by atoms with E-state index in [1.807, 2.05) is 30.5 Å². The predicted molar refractivity (Wildman–Crippen MR) is 67.6 cm³/mol. The van der Waals surface area contributed by atoms with E-state index >= 15 is 0 Å². The van der Waals surface area contributed by atoms with Gasteiger partial charge in [0.15, 0.2) is 0 Å². The first kappa shape index (κ1) is 12.3. The summed E-state index contributed by atoms with van der Waals surface area (Å²) >= 11 is 1.64. The highest BCUT2D eigenvalue weighted by atomic mass is 32.2. The monoisotopic (exact) mass is 252 g/mol. The molecule has 0 aliphatic heterocycles. The van der Waals surface area contributed by atoms with Crippen LogP contribution in [0.1, 0.15) is 19.3 Å². The molecule has 1 saturated carbocycles. The van der Waals surface area contributed by atoms with E-state index in [1.54, 1.807) is 11.8 Å². The summed E-state index contributed by atoms with van der Waals surface area (Å²) in [5.41, 5.74) is -0.114. The molecular formula is C13H16O3S. The van der Waals surface area contributed by atoms with Crippen LogP contribution in [0.5, 0.6) is 5.75 Å². The van der Waals surface area contributed by atoms with Crippen LogP contribution in [-0.2, 0) is 4.79 Å². The van der Waals surface area contributed by atoms with Crippen molar-refractivity contribution >= 4 is 17.7 Å². The van der Waals surface area contributed by atoms with E-state index in [0.29, 0.717) is 6.61 Å². The predicted octanol–water partition coefficient (Wildman–Crippen LogP) is 3.04. The maximum Gasteiger partial charge on any atom is 0.304 e. The van der Waals surface area contributed by atoms with Crippen LogP contribution in [-0.4, -0.2) is 23.9 Å². The van der Waals surface area contributed by atoms with Crippen LogP contribution in [0.15, 0.2) is 29.2 Å². The standard InChI is InChI=1S/C13H16O3S/c1-17-11-5-3-2-4-10(11)16-9-13(6-7-13)8-12(14)15/h2-5H,6-9H2,1H3,(H,14,15). The lowest BCUT2D eigenvalue weighted by Crippen LogP contribution is -2.17. The Morgan fingerprint density at radius 3 is 2.76 bits per heavy atom. The molecule has 0 spiro atoms. The second-order valence-electron chi connectivity index (χ2n) is 4.51. The molecule has 1 N–H and O–H groups in total. The number of hydrogen-bond donors (Lipinski definition) is 1.